The zero-order chi connectivity index (χ0) is 90.8. The maximum absolute atomic E-state index is 11.2. The largest absolute Gasteiger partial charge is 3.00 e. The average molecular weight is 1880 g/mol. The monoisotopic (exact) mass is 1870 g/mol. The molecule has 0 amide bonds. The van der Waals surface area contributed by atoms with Crippen molar-refractivity contribution in [3.63, 3.8) is 0 Å². The van der Waals surface area contributed by atoms with Crippen LogP contribution in [0, 0.1) is 0 Å². The molecule has 3 aliphatic rings. The maximum Gasteiger partial charge on any atom is 3.00 e. The normalized spacial score (nSPS) is 19.0. The van der Waals surface area contributed by atoms with Gasteiger partial charge in [-0.05, 0) is 173 Å². The number of phenols is 6. The number of rotatable bonds is 12. The fourth-order valence-electron chi connectivity index (χ4n) is 15.9. The van der Waals surface area contributed by atoms with Gasteiger partial charge in [0.2, 0.25) is 0 Å². The molecule has 12 nitrogen and oxygen atoms in total. The van der Waals surface area contributed by atoms with E-state index in [1.54, 1.807) is 0 Å². The molecule has 6 N–H and O–H groups in total. The van der Waals surface area contributed by atoms with Gasteiger partial charge in [0.15, 0.2) is 0 Å². The molecular formula is C108H162Co4N6O6+12. The van der Waals surface area contributed by atoms with Gasteiger partial charge in [0, 0.05) is 104 Å². The van der Waals surface area contributed by atoms with Crippen LogP contribution in [0.5, 0.6) is 34.5 Å². The molecule has 0 aromatic heterocycles. The van der Waals surface area contributed by atoms with E-state index in [1.165, 1.54) is 33.4 Å². The molecule has 0 spiro atoms. The van der Waals surface area contributed by atoms with Gasteiger partial charge in [-0.1, -0.05) is 324 Å². The first kappa shape index (κ1) is 112. The van der Waals surface area contributed by atoms with Crippen molar-refractivity contribution in [2.75, 3.05) is 0 Å². The van der Waals surface area contributed by atoms with Crippen LogP contribution in [0.4, 0.5) is 0 Å². The van der Waals surface area contributed by atoms with Crippen LogP contribution in [0.2, 0.25) is 0 Å². The van der Waals surface area contributed by atoms with Crippen molar-refractivity contribution >= 4 is 37.3 Å². The van der Waals surface area contributed by atoms with Gasteiger partial charge in [-0.3, -0.25) is 30.0 Å². The molecule has 124 heavy (non-hydrogen) atoms. The third-order valence-electron chi connectivity index (χ3n) is 24.4. The summed E-state index contributed by atoms with van der Waals surface area (Å²) in [5.74, 6) is 1.91. The molecule has 9 rings (SSSR count). The molecule has 6 aromatic carbocycles. The van der Waals surface area contributed by atoms with Crippen molar-refractivity contribution in [3.8, 4) is 34.5 Å². The molecule has 0 heterocycles. The van der Waals surface area contributed by atoms with Gasteiger partial charge in [0.1, 0.15) is 34.5 Å². The van der Waals surface area contributed by atoms with Gasteiger partial charge >= 0.3 is 67.1 Å². The van der Waals surface area contributed by atoms with Crippen molar-refractivity contribution in [2.45, 2.75) is 428 Å². The first-order chi connectivity index (χ1) is 54.6. The summed E-state index contributed by atoms with van der Waals surface area (Å²) in [6.07, 6.45) is 23.7. The van der Waals surface area contributed by atoms with Crippen LogP contribution in [-0.2, 0) is 132 Å². The minimum atomic E-state index is -0.179. The molecule has 6 atom stereocenters. The minimum Gasteiger partial charge on any atom is -0.507 e. The number of aromatic hydroxyl groups is 6. The first-order valence-corrected chi connectivity index (χ1v) is 45.0. The number of nitrogens with zero attached hydrogens (tertiary/aromatic N) is 6. The van der Waals surface area contributed by atoms with Crippen LogP contribution in [-0.4, -0.2) is 104 Å². The second-order valence-electron chi connectivity index (χ2n) is 47.7. The van der Waals surface area contributed by atoms with Gasteiger partial charge in [-0.25, -0.2) is 0 Å². The summed E-state index contributed by atoms with van der Waals surface area (Å²) < 4.78 is 0. The standard InChI is InChI=1S/3C36H54N2O2.4Co/c3*1-33(2,3)25-17-23(31(39)27(19-25)35(7,8)9)21-37-29-15-13-14-16-30(29)38-22-24-18-26(34(4,5)6)20-28(32(24)40)36(10,11)12;;;;/h3*17-22,29-30,39-40H,13-16H2,1-12H3;;;;/q;;;4*+3. The summed E-state index contributed by atoms with van der Waals surface area (Å²) >= 11 is 0. The molecule has 0 saturated heterocycles. The second-order valence-corrected chi connectivity index (χ2v) is 47.7. The summed E-state index contributed by atoms with van der Waals surface area (Å²) in [5.41, 5.74) is 16.2. The van der Waals surface area contributed by atoms with Gasteiger partial charge < -0.3 is 30.6 Å². The van der Waals surface area contributed by atoms with Crippen LogP contribution in [0.3, 0.4) is 0 Å². The van der Waals surface area contributed by atoms with E-state index in [4.69, 9.17) is 30.0 Å². The van der Waals surface area contributed by atoms with Crippen molar-refractivity contribution in [3.05, 3.63) is 173 Å². The third-order valence-corrected chi connectivity index (χ3v) is 24.4. The topological polar surface area (TPSA) is 196 Å². The van der Waals surface area contributed by atoms with Gasteiger partial charge in [0.05, 0.1) is 36.3 Å². The maximum atomic E-state index is 11.2. The predicted molar refractivity (Wildman–Crippen MR) is 517 cm³/mol. The van der Waals surface area contributed by atoms with E-state index in [9.17, 15) is 30.6 Å². The molecule has 3 aliphatic carbocycles. The van der Waals surface area contributed by atoms with E-state index in [2.05, 4.69) is 322 Å². The molecule has 6 aromatic rings. The smallest absolute Gasteiger partial charge is 0.507 e. The zero-order valence-corrected chi connectivity index (χ0v) is 87.2. The van der Waals surface area contributed by atoms with E-state index < -0.39 is 0 Å². The van der Waals surface area contributed by atoms with E-state index in [0.29, 0.717) is 34.5 Å². The number of hydrogen-bond acceptors (Lipinski definition) is 12. The molecule has 684 valence electrons. The molecule has 3 saturated carbocycles. The van der Waals surface area contributed by atoms with E-state index in [1.807, 2.05) is 37.3 Å². The van der Waals surface area contributed by atoms with Crippen molar-refractivity contribution in [2.24, 2.45) is 30.0 Å². The zero-order valence-electron chi connectivity index (χ0n) is 83.0. The Hall–Kier alpha value is -5.83. The number of hydrogen-bond donors (Lipinski definition) is 6. The fraction of sp³-hybridized carbons (Fsp3) is 0.611. The Kier molecular flexibility index (Phi) is 38.8. The second kappa shape index (κ2) is 42.8. The molecule has 6 unspecified atom stereocenters. The first-order valence-electron chi connectivity index (χ1n) is 45.0. The SMILES string of the molecule is CC(C)(C)c1cc(C=NC2CCCCC2N=Cc2cc(C(C)(C)C)cc(C(C)(C)C)c2O)c(O)c(C(C)(C)C)c1.CC(C)(C)c1cc(C=NC2CCCCC2N=Cc2cc(C(C)(C)C)cc(C(C)(C)C)c2O)c(O)c(C(C)(C)C)c1.CC(C)(C)c1cc(C=NC2CCCCC2N=Cc2cc(C(C)(C)C)cc(C(C)(C)C)c2O)c(O)c(C(C)(C)C)c1.[Co+3].[Co+3].[Co+3].[Co+3]. The van der Waals surface area contributed by atoms with Crippen LogP contribution >= 0.6 is 0 Å². The summed E-state index contributed by atoms with van der Waals surface area (Å²) in [6.45, 7) is 78.1. The van der Waals surface area contributed by atoms with Crippen LogP contribution in [0.1, 0.15) is 426 Å². The van der Waals surface area contributed by atoms with Crippen molar-refractivity contribution in [1.29, 1.82) is 0 Å². The van der Waals surface area contributed by atoms with Gasteiger partial charge in [0.25, 0.3) is 0 Å². The van der Waals surface area contributed by atoms with Crippen molar-refractivity contribution < 1.29 is 97.8 Å². The molecule has 0 bridgehead atoms. The quantitative estimate of drug-likeness (QED) is 0.0660. The van der Waals surface area contributed by atoms with Crippen LogP contribution in [0.25, 0.3) is 0 Å². The van der Waals surface area contributed by atoms with Gasteiger partial charge in [-0.2, -0.15) is 0 Å². The van der Waals surface area contributed by atoms with E-state index in [0.717, 1.165) is 144 Å². The number of benzene rings is 6. The minimum absolute atomic E-state index is 0. The average Bonchev–Trinajstić information content (AvgIpc) is 0.808. The van der Waals surface area contributed by atoms with Crippen LogP contribution in [0.15, 0.2) is 103 Å². The Morgan fingerprint density at radius 1 is 0.185 bits per heavy atom. The molecule has 0 radical (unpaired) electrons. The third kappa shape index (κ3) is 30.4. The van der Waals surface area contributed by atoms with E-state index >= 15 is 0 Å². The molecular weight excluding hydrogens is 1710 g/mol. The molecule has 16 heteroatoms. The summed E-state index contributed by atoms with van der Waals surface area (Å²) in [4.78, 5) is 30.2. The number of phenolic OH excluding ortho intramolecular Hbond substituents is 6. The summed E-state index contributed by atoms with van der Waals surface area (Å²) in [5, 5.41) is 67.4. The molecule has 0 aliphatic heterocycles. The summed E-state index contributed by atoms with van der Waals surface area (Å²) in [7, 11) is 0. The Bertz CT molecular complexity index is 3970. The van der Waals surface area contributed by atoms with E-state index in [-0.39, 0.29) is 168 Å². The van der Waals surface area contributed by atoms with Gasteiger partial charge in [-0.15, -0.1) is 0 Å². The van der Waals surface area contributed by atoms with Crippen molar-refractivity contribution in [1.82, 2.24) is 0 Å². The predicted octanol–water partition coefficient (Wildman–Crippen LogP) is 27.4. The van der Waals surface area contributed by atoms with Crippen LogP contribution < -0.4 is 0 Å². The number of aliphatic imine (C=N–C) groups is 6. The molecule has 3 fully saturated rings. The Morgan fingerprint density at radius 2 is 0.290 bits per heavy atom. The fourth-order valence-corrected chi connectivity index (χ4v) is 15.9. The summed E-state index contributed by atoms with van der Waals surface area (Å²) in [6, 6.07) is 25.6. The Labute approximate surface area is 793 Å². The Balaban J connectivity index is 0.000000472. The Morgan fingerprint density at radius 3 is 0.379 bits per heavy atom.